The second-order valence-corrected chi connectivity index (χ2v) is 6.09. The van der Waals surface area contributed by atoms with Gasteiger partial charge in [-0.15, -0.1) is 0 Å². The van der Waals surface area contributed by atoms with Crippen LogP contribution in [0.4, 0.5) is 0 Å². The highest BCUT2D eigenvalue weighted by atomic mass is 16.5. The summed E-state index contributed by atoms with van der Waals surface area (Å²) in [5.74, 6) is 1.59. The molecule has 1 heterocycles. The third kappa shape index (κ3) is 3.70. The Morgan fingerprint density at radius 1 is 1.22 bits per heavy atom. The average Bonchev–Trinajstić information content (AvgIpc) is 3.40. The van der Waals surface area contributed by atoms with Crippen LogP contribution in [0.25, 0.3) is 0 Å². The van der Waals surface area contributed by atoms with Crippen LogP contribution in [0.2, 0.25) is 0 Å². The molecule has 4 nitrogen and oxygen atoms in total. The van der Waals surface area contributed by atoms with Crippen LogP contribution in [-0.2, 0) is 11.2 Å². The molecule has 0 aliphatic heterocycles. The van der Waals surface area contributed by atoms with Gasteiger partial charge in [0.1, 0.15) is 5.75 Å². The van der Waals surface area contributed by atoms with Gasteiger partial charge in [0.15, 0.2) is 0 Å². The van der Waals surface area contributed by atoms with E-state index < -0.39 is 0 Å². The highest BCUT2D eigenvalue weighted by molar-refractivity contribution is 5.82. The summed E-state index contributed by atoms with van der Waals surface area (Å²) in [7, 11) is 3.56. The molecule has 1 aromatic carbocycles. The minimum Gasteiger partial charge on any atom is -0.497 e. The summed E-state index contributed by atoms with van der Waals surface area (Å²) in [5, 5.41) is 0. The molecule has 0 saturated heterocycles. The van der Waals surface area contributed by atoms with Gasteiger partial charge in [0.05, 0.1) is 7.11 Å². The number of aromatic nitrogens is 1. The monoisotopic (exact) mass is 310 g/mol. The Bertz CT molecular complexity index is 655. The minimum atomic E-state index is 0.130. The maximum absolute atomic E-state index is 12.5. The standard InChI is InChI=1S/C19H22N2O2/c1-21(12-9-14-7-10-20-11-8-14)19(22)18-13-17(18)15-3-5-16(23-2)6-4-15/h3-8,10-11,17-18H,9,12-13H2,1-2H3. The van der Waals surface area contributed by atoms with Gasteiger partial charge in [0.2, 0.25) is 5.91 Å². The fourth-order valence-corrected chi connectivity index (χ4v) is 2.93. The third-order valence-corrected chi connectivity index (χ3v) is 4.51. The van der Waals surface area contributed by atoms with E-state index in [1.54, 1.807) is 19.5 Å². The van der Waals surface area contributed by atoms with Crippen molar-refractivity contribution >= 4 is 5.91 Å². The summed E-state index contributed by atoms with van der Waals surface area (Å²) in [4.78, 5) is 18.4. The first kappa shape index (κ1) is 15.5. The van der Waals surface area contributed by atoms with Crippen LogP contribution < -0.4 is 4.74 Å². The van der Waals surface area contributed by atoms with Crippen molar-refractivity contribution in [2.24, 2.45) is 5.92 Å². The van der Waals surface area contributed by atoms with Crippen molar-refractivity contribution in [2.45, 2.75) is 18.8 Å². The maximum atomic E-state index is 12.5. The Balaban J connectivity index is 1.52. The molecule has 0 radical (unpaired) electrons. The Hall–Kier alpha value is -2.36. The number of ether oxygens (including phenoxy) is 1. The zero-order valence-corrected chi connectivity index (χ0v) is 13.6. The molecule has 1 fully saturated rings. The van der Waals surface area contributed by atoms with Crippen molar-refractivity contribution in [3.05, 3.63) is 59.9 Å². The fourth-order valence-electron chi connectivity index (χ4n) is 2.93. The molecule has 1 aliphatic rings. The van der Waals surface area contributed by atoms with E-state index in [-0.39, 0.29) is 11.8 Å². The molecule has 1 aliphatic carbocycles. The predicted octanol–water partition coefficient (Wildman–Crippen LogP) is 2.89. The Labute approximate surface area is 137 Å². The molecule has 0 spiro atoms. The lowest BCUT2D eigenvalue weighted by atomic mass is 10.1. The van der Waals surface area contributed by atoms with Crippen LogP contribution in [0.15, 0.2) is 48.8 Å². The number of benzene rings is 1. The summed E-state index contributed by atoms with van der Waals surface area (Å²) in [6, 6.07) is 12.0. The van der Waals surface area contributed by atoms with E-state index in [2.05, 4.69) is 17.1 Å². The Morgan fingerprint density at radius 2 is 1.91 bits per heavy atom. The number of carbonyl (C=O) groups excluding carboxylic acids is 1. The molecule has 1 aromatic heterocycles. The highest BCUT2D eigenvalue weighted by Crippen LogP contribution is 2.48. The van der Waals surface area contributed by atoms with Crippen molar-refractivity contribution in [1.29, 1.82) is 0 Å². The number of pyridine rings is 1. The van der Waals surface area contributed by atoms with Gasteiger partial charge in [-0.1, -0.05) is 12.1 Å². The first-order valence-corrected chi connectivity index (χ1v) is 7.97. The first-order valence-electron chi connectivity index (χ1n) is 7.97. The molecule has 23 heavy (non-hydrogen) atoms. The number of hydrogen-bond acceptors (Lipinski definition) is 3. The van der Waals surface area contributed by atoms with Crippen LogP contribution in [0.5, 0.6) is 5.75 Å². The van der Waals surface area contributed by atoms with E-state index in [9.17, 15) is 4.79 Å². The highest BCUT2D eigenvalue weighted by Gasteiger charge is 2.44. The molecular formula is C19H22N2O2. The molecule has 3 rings (SSSR count). The largest absolute Gasteiger partial charge is 0.497 e. The van der Waals surface area contributed by atoms with Crippen molar-refractivity contribution in [1.82, 2.24) is 9.88 Å². The fraction of sp³-hybridized carbons (Fsp3) is 0.368. The van der Waals surface area contributed by atoms with Crippen LogP contribution in [0.3, 0.4) is 0 Å². The summed E-state index contributed by atoms with van der Waals surface area (Å²) in [5.41, 5.74) is 2.44. The topological polar surface area (TPSA) is 42.4 Å². The van der Waals surface area contributed by atoms with E-state index in [0.717, 1.165) is 25.1 Å². The van der Waals surface area contributed by atoms with Crippen molar-refractivity contribution in [3.63, 3.8) is 0 Å². The maximum Gasteiger partial charge on any atom is 0.226 e. The van der Waals surface area contributed by atoms with Gasteiger partial charge in [0, 0.05) is 31.9 Å². The molecular weight excluding hydrogens is 288 g/mol. The average molecular weight is 310 g/mol. The number of carbonyl (C=O) groups is 1. The zero-order valence-electron chi connectivity index (χ0n) is 13.6. The smallest absolute Gasteiger partial charge is 0.226 e. The van der Waals surface area contributed by atoms with E-state index in [1.807, 2.05) is 36.2 Å². The van der Waals surface area contributed by atoms with Gasteiger partial charge in [-0.25, -0.2) is 0 Å². The van der Waals surface area contributed by atoms with Crippen molar-refractivity contribution < 1.29 is 9.53 Å². The van der Waals surface area contributed by atoms with E-state index in [1.165, 1.54) is 11.1 Å². The van der Waals surface area contributed by atoms with Gasteiger partial charge in [0.25, 0.3) is 0 Å². The first-order chi connectivity index (χ1) is 11.2. The van der Waals surface area contributed by atoms with Crippen LogP contribution >= 0.6 is 0 Å². The second kappa shape index (κ2) is 6.82. The number of nitrogens with zero attached hydrogens (tertiary/aromatic N) is 2. The quantitative estimate of drug-likeness (QED) is 0.824. The normalized spacial score (nSPS) is 19.2. The SMILES string of the molecule is COc1ccc(C2CC2C(=O)N(C)CCc2ccncc2)cc1. The third-order valence-electron chi connectivity index (χ3n) is 4.51. The molecule has 2 unspecified atom stereocenters. The lowest BCUT2D eigenvalue weighted by molar-refractivity contribution is -0.131. The van der Waals surface area contributed by atoms with Crippen LogP contribution in [0.1, 0.15) is 23.5 Å². The lowest BCUT2D eigenvalue weighted by Crippen LogP contribution is -2.30. The van der Waals surface area contributed by atoms with E-state index >= 15 is 0 Å². The number of hydrogen-bond donors (Lipinski definition) is 0. The molecule has 120 valence electrons. The van der Waals surface area contributed by atoms with Gasteiger partial charge >= 0.3 is 0 Å². The minimum absolute atomic E-state index is 0.130. The Morgan fingerprint density at radius 3 is 2.57 bits per heavy atom. The zero-order chi connectivity index (χ0) is 16.2. The summed E-state index contributed by atoms with van der Waals surface area (Å²) in [6.45, 7) is 0.745. The molecule has 1 amide bonds. The van der Waals surface area contributed by atoms with Gasteiger partial charge in [-0.05, 0) is 54.2 Å². The summed E-state index contributed by atoms with van der Waals surface area (Å²) < 4.78 is 5.18. The lowest BCUT2D eigenvalue weighted by Gasteiger charge is -2.17. The number of amides is 1. The summed E-state index contributed by atoms with van der Waals surface area (Å²) >= 11 is 0. The molecule has 0 bridgehead atoms. The van der Waals surface area contributed by atoms with Gasteiger partial charge in [-0.3, -0.25) is 9.78 Å². The number of rotatable bonds is 6. The molecule has 2 aromatic rings. The number of methoxy groups -OCH3 is 1. The Kier molecular flexibility index (Phi) is 4.60. The predicted molar refractivity (Wildman–Crippen MR) is 89.4 cm³/mol. The molecule has 4 heteroatoms. The molecule has 0 N–H and O–H groups in total. The summed E-state index contributed by atoms with van der Waals surface area (Å²) in [6.07, 6.45) is 5.39. The molecule has 2 atom stereocenters. The van der Waals surface area contributed by atoms with Crippen molar-refractivity contribution in [2.75, 3.05) is 20.7 Å². The van der Waals surface area contributed by atoms with Crippen LogP contribution in [0, 0.1) is 5.92 Å². The van der Waals surface area contributed by atoms with Gasteiger partial charge < -0.3 is 9.64 Å². The second-order valence-electron chi connectivity index (χ2n) is 6.09. The molecule has 1 saturated carbocycles. The number of likely N-dealkylation sites (N-methyl/N-ethyl adjacent to an activating group) is 1. The van der Waals surface area contributed by atoms with Gasteiger partial charge in [-0.2, -0.15) is 0 Å². The van der Waals surface area contributed by atoms with E-state index in [0.29, 0.717) is 5.92 Å². The van der Waals surface area contributed by atoms with Crippen molar-refractivity contribution in [3.8, 4) is 5.75 Å². The van der Waals surface area contributed by atoms with Crippen LogP contribution in [-0.4, -0.2) is 36.5 Å². The van der Waals surface area contributed by atoms with E-state index in [4.69, 9.17) is 4.74 Å².